The number of aromatic nitrogens is 4. The van der Waals surface area contributed by atoms with E-state index in [9.17, 15) is 58.0 Å². The van der Waals surface area contributed by atoms with Gasteiger partial charge in [0.15, 0.2) is 5.88 Å². The van der Waals surface area contributed by atoms with Gasteiger partial charge in [0.25, 0.3) is 27.6 Å². The summed E-state index contributed by atoms with van der Waals surface area (Å²) in [6.07, 6.45) is -10.4. The molecule has 0 bridgehead atoms. The highest BCUT2D eigenvalue weighted by atomic mass is 32.2. The summed E-state index contributed by atoms with van der Waals surface area (Å²) in [5.41, 5.74) is -9.67. The van der Waals surface area contributed by atoms with Gasteiger partial charge >= 0.3 is 17.6 Å². The van der Waals surface area contributed by atoms with E-state index in [4.69, 9.17) is 9.47 Å². The molecule has 16 nitrogen and oxygen atoms in total. The summed E-state index contributed by atoms with van der Waals surface area (Å²) >= 11 is 0. The van der Waals surface area contributed by atoms with Crippen LogP contribution in [0.15, 0.2) is 43.4 Å². The first kappa shape index (κ1) is 41.2. The van der Waals surface area contributed by atoms with Crippen molar-refractivity contribution in [2.75, 3.05) is 28.0 Å². The summed E-state index contributed by atoms with van der Waals surface area (Å²) in [4.78, 5) is 58.7. The minimum absolute atomic E-state index is 0.00278. The molecule has 292 valence electrons. The molecule has 4 rings (SSSR count). The van der Waals surface area contributed by atoms with Crippen LogP contribution in [0.25, 0.3) is 21.8 Å². The lowest BCUT2D eigenvalue weighted by Gasteiger charge is -2.25. The van der Waals surface area contributed by atoms with Crippen molar-refractivity contribution < 1.29 is 48.3 Å². The molecular weight excluding hydrogens is 763 g/mol. The summed E-state index contributed by atoms with van der Waals surface area (Å²) in [6.45, 7) is 7.73. The van der Waals surface area contributed by atoms with E-state index in [0.29, 0.717) is 12.3 Å². The minimum atomic E-state index is -5.27. The number of alkyl halides is 5. The van der Waals surface area contributed by atoms with Crippen molar-refractivity contribution in [2.24, 2.45) is 0 Å². The zero-order chi connectivity index (χ0) is 40.0. The Hall–Kier alpha value is -4.61. The molecular formula is C30H35F5N6O10S2. The number of nitrogens with zero attached hydrogens (tertiary/aromatic N) is 3. The van der Waals surface area contributed by atoms with Gasteiger partial charge in [-0.05, 0) is 69.5 Å². The Balaban J connectivity index is 1.88. The second kappa shape index (κ2) is 15.0. The second-order valence-electron chi connectivity index (χ2n) is 12.0. The van der Waals surface area contributed by atoms with E-state index in [0.717, 1.165) is 18.2 Å². The molecule has 4 aromatic rings. The van der Waals surface area contributed by atoms with Crippen molar-refractivity contribution in [1.29, 1.82) is 0 Å². The Labute approximate surface area is 297 Å². The normalized spacial score (nSPS) is 14.0. The van der Waals surface area contributed by atoms with E-state index in [1.54, 1.807) is 25.6 Å². The Kier molecular flexibility index (Phi) is 11.7. The van der Waals surface area contributed by atoms with Gasteiger partial charge in [0, 0.05) is 12.2 Å². The third kappa shape index (κ3) is 8.63. The van der Waals surface area contributed by atoms with E-state index in [2.05, 4.69) is 4.98 Å². The van der Waals surface area contributed by atoms with E-state index in [1.165, 1.54) is 13.8 Å². The average Bonchev–Trinajstić information content (AvgIpc) is 3.03. The molecule has 0 radical (unpaired) electrons. The summed E-state index contributed by atoms with van der Waals surface area (Å²) in [6, 6.07) is 3.00. The molecule has 2 aromatic carbocycles. The summed E-state index contributed by atoms with van der Waals surface area (Å²) < 4.78 is 133. The highest BCUT2D eigenvalue weighted by Gasteiger charge is 2.37. The van der Waals surface area contributed by atoms with E-state index in [-0.39, 0.29) is 32.4 Å². The number of H-pyrrole nitrogens is 2. The van der Waals surface area contributed by atoms with Crippen LogP contribution in [0, 0.1) is 0 Å². The Morgan fingerprint density at radius 3 is 1.94 bits per heavy atom. The largest absolute Gasteiger partial charge is 0.416 e. The standard InChI is InChI=1S/C30H35F5N6O10S2/c1-7-24(51-14(3)4)18-10-20-23(12-21(18)30(33,34)35)37-29(45)41(27(20)43)39(52(6,46)47)13-53(48,49)38-40-26(42)19-9-16(15(5)50-8-2)17(25(31)32)11-22(19)36-28(40)44/h9-12,14-15,24-25,38H,7-8,13H2,1-6H3,(H,36,44)(H,37,45). The maximum Gasteiger partial charge on any atom is 0.416 e. The van der Waals surface area contributed by atoms with Crippen molar-refractivity contribution in [2.45, 2.75) is 72.0 Å². The molecule has 23 heteroatoms. The first-order valence-electron chi connectivity index (χ1n) is 15.7. The van der Waals surface area contributed by atoms with E-state index in [1.807, 2.05) is 4.98 Å². The second-order valence-corrected chi connectivity index (χ2v) is 15.6. The number of hydrogen-bond acceptors (Lipinski definition) is 10. The first-order valence-corrected chi connectivity index (χ1v) is 19.2. The monoisotopic (exact) mass is 798 g/mol. The molecule has 2 atom stereocenters. The Bertz CT molecular complexity index is 2510. The number of aromatic amines is 2. The fraction of sp³-hybridized carbons (Fsp3) is 0.467. The van der Waals surface area contributed by atoms with Gasteiger partial charge in [-0.2, -0.15) is 26.9 Å². The van der Waals surface area contributed by atoms with Gasteiger partial charge in [-0.3, -0.25) is 9.59 Å². The highest BCUT2D eigenvalue weighted by Crippen LogP contribution is 2.38. The van der Waals surface area contributed by atoms with Crippen LogP contribution in [-0.2, 0) is 35.7 Å². The van der Waals surface area contributed by atoms with Crippen LogP contribution in [0.2, 0.25) is 0 Å². The molecule has 0 aliphatic rings. The van der Waals surface area contributed by atoms with Gasteiger partial charge in [-0.15, -0.1) is 0 Å². The predicted molar refractivity (Wildman–Crippen MR) is 183 cm³/mol. The molecule has 0 spiro atoms. The quantitative estimate of drug-likeness (QED) is 0.159. The molecule has 0 fully saturated rings. The molecule has 2 unspecified atom stereocenters. The third-order valence-corrected chi connectivity index (χ3v) is 10.1. The fourth-order valence-corrected chi connectivity index (χ4v) is 8.12. The van der Waals surface area contributed by atoms with Crippen LogP contribution in [0.4, 0.5) is 22.0 Å². The van der Waals surface area contributed by atoms with Crippen LogP contribution in [0.1, 0.15) is 81.9 Å². The number of hydrogen-bond donors (Lipinski definition) is 3. The lowest BCUT2D eigenvalue weighted by molar-refractivity contribution is -0.140. The van der Waals surface area contributed by atoms with Gasteiger partial charge in [0.2, 0.25) is 10.0 Å². The minimum Gasteiger partial charge on any atom is -0.374 e. The third-order valence-electron chi connectivity index (χ3n) is 7.81. The van der Waals surface area contributed by atoms with E-state index >= 15 is 0 Å². The molecule has 0 amide bonds. The first-order chi connectivity index (χ1) is 24.4. The number of ether oxygens (including phenoxy) is 2. The van der Waals surface area contributed by atoms with Crippen molar-refractivity contribution in [3.05, 3.63) is 88.2 Å². The summed E-state index contributed by atoms with van der Waals surface area (Å²) in [5.74, 6) is -1.83. The van der Waals surface area contributed by atoms with Gasteiger partial charge in [-0.1, -0.05) is 6.92 Å². The number of fused-ring (bicyclic) bond motifs is 2. The SMILES string of the molecule is CCOC(C)c1cc2c(=O)n(NS(=O)(=O)CN(n3c(=O)[nH]c4cc(C(F)(F)F)c(C(CC)OC(C)C)cc4c3=O)S(C)(=O)=O)c(=O)[nH]c2cc1C(F)F. The average molecular weight is 799 g/mol. The number of sulfonamides is 2. The molecule has 0 saturated carbocycles. The van der Waals surface area contributed by atoms with Crippen LogP contribution < -0.4 is 31.7 Å². The maximum absolute atomic E-state index is 14.1. The molecule has 2 heterocycles. The van der Waals surface area contributed by atoms with Crippen molar-refractivity contribution in [1.82, 2.24) is 19.3 Å². The van der Waals surface area contributed by atoms with Crippen LogP contribution in [0.3, 0.4) is 0 Å². The molecule has 0 aliphatic heterocycles. The predicted octanol–water partition coefficient (Wildman–Crippen LogP) is 3.05. The molecule has 2 aromatic heterocycles. The highest BCUT2D eigenvalue weighted by molar-refractivity contribution is 7.95. The van der Waals surface area contributed by atoms with Crippen molar-refractivity contribution in [3.8, 4) is 0 Å². The Morgan fingerprint density at radius 1 is 0.849 bits per heavy atom. The molecule has 0 aliphatic carbocycles. The maximum atomic E-state index is 14.1. The number of benzene rings is 2. The summed E-state index contributed by atoms with van der Waals surface area (Å²) in [5, 5.41) is -1.11. The van der Waals surface area contributed by atoms with Gasteiger partial charge < -0.3 is 19.4 Å². The smallest absolute Gasteiger partial charge is 0.374 e. The van der Waals surface area contributed by atoms with Crippen LogP contribution >= 0.6 is 0 Å². The van der Waals surface area contributed by atoms with Crippen LogP contribution in [0.5, 0.6) is 0 Å². The zero-order valence-corrected chi connectivity index (χ0v) is 30.5. The van der Waals surface area contributed by atoms with Crippen LogP contribution in [-0.4, -0.2) is 61.0 Å². The molecule has 53 heavy (non-hydrogen) atoms. The molecule has 3 N–H and O–H groups in total. The Morgan fingerprint density at radius 2 is 1.42 bits per heavy atom. The summed E-state index contributed by atoms with van der Waals surface area (Å²) in [7, 11) is -10.2. The number of rotatable bonds is 14. The number of halogens is 5. The van der Waals surface area contributed by atoms with Crippen molar-refractivity contribution in [3.63, 3.8) is 0 Å². The topological polar surface area (TPSA) is 212 Å². The fourth-order valence-electron chi connectivity index (χ4n) is 5.58. The van der Waals surface area contributed by atoms with Crippen molar-refractivity contribution >= 4 is 41.9 Å². The van der Waals surface area contributed by atoms with Gasteiger partial charge in [0.1, 0.15) is 0 Å². The lowest BCUT2D eigenvalue weighted by atomic mass is 9.97. The molecule has 0 saturated heterocycles. The van der Waals surface area contributed by atoms with Gasteiger partial charge in [-0.25, -0.2) is 40.0 Å². The lowest BCUT2D eigenvalue weighted by Crippen LogP contribution is -2.56. The zero-order valence-electron chi connectivity index (χ0n) is 28.9. The van der Waals surface area contributed by atoms with E-state index < -0.39 is 118 Å². The number of nitrogens with one attached hydrogen (secondary N) is 3. The van der Waals surface area contributed by atoms with Gasteiger partial charge in [0.05, 0.1) is 51.9 Å².